The minimum Gasteiger partial charge on any atom is -0.480 e. The summed E-state index contributed by atoms with van der Waals surface area (Å²) in [6.07, 6.45) is 2.08. The van der Waals surface area contributed by atoms with Crippen molar-refractivity contribution in [3.05, 3.63) is 0 Å². The van der Waals surface area contributed by atoms with Gasteiger partial charge in [-0.05, 0) is 18.8 Å². The maximum absolute atomic E-state index is 12.1. The third-order valence-corrected chi connectivity index (χ3v) is 4.49. The number of urea groups is 1. The highest BCUT2D eigenvalue weighted by Crippen LogP contribution is 2.17. The maximum atomic E-state index is 12.1. The lowest BCUT2D eigenvalue weighted by molar-refractivity contribution is -0.141. The Balaban J connectivity index is 1.81. The topological polar surface area (TPSA) is 78.9 Å². The summed E-state index contributed by atoms with van der Waals surface area (Å²) < 4.78 is 5.36. The number of hydrogen-bond acceptors (Lipinski definition) is 4. The molecular weight excluding hydrogens is 268 g/mol. The van der Waals surface area contributed by atoms with Crippen LogP contribution in [0.15, 0.2) is 0 Å². The summed E-state index contributed by atoms with van der Waals surface area (Å²) in [4.78, 5) is 24.6. The minimum atomic E-state index is -0.927. The smallest absolute Gasteiger partial charge is 0.327 e. The second-order valence-electron chi connectivity index (χ2n) is 4.89. The standard InChI is InChI=1S/C12H20N2O4S/c15-11(16)10-8-19-5-3-14(10)12(17)13-6-9-2-1-4-18-7-9/h9-10H,1-8H2,(H,13,17)(H,15,16). The summed E-state index contributed by atoms with van der Waals surface area (Å²) >= 11 is 1.58. The molecule has 2 amide bonds. The van der Waals surface area contributed by atoms with Crippen LogP contribution in [0.1, 0.15) is 12.8 Å². The van der Waals surface area contributed by atoms with Crippen molar-refractivity contribution < 1.29 is 19.4 Å². The van der Waals surface area contributed by atoms with Crippen molar-refractivity contribution in [1.29, 1.82) is 0 Å². The van der Waals surface area contributed by atoms with Crippen LogP contribution in [0.2, 0.25) is 0 Å². The van der Waals surface area contributed by atoms with Gasteiger partial charge in [-0.3, -0.25) is 0 Å². The van der Waals surface area contributed by atoms with Crippen LogP contribution < -0.4 is 5.32 Å². The Morgan fingerprint density at radius 3 is 3.00 bits per heavy atom. The molecule has 2 unspecified atom stereocenters. The van der Waals surface area contributed by atoms with Gasteiger partial charge in [0.15, 0.2) is 0 Å². The number of carboxylic acids is 1. The Morgan fingerprint density at radius 2 is 2.32 bits per heavy atom. The summed E-state index contributed by atoms with van der Waals surface area (Å²) in [5, 5.41) is 12.0. The Labute approximate surface area is 116 Å². The number of amides is 2. The van der Waals surface area contributed by atoms with E-state index in [1.165, 1.54) is 4.90 Å². The number of ether oxygens (including phenoxy) is 1. The third-order valence-electron chi connectivity index (χ3n) is 3.47. The lowest BCUT2D eigenvalue weighted by atomic mass is 10.0. The molecule has 6 nitrogen and oxygen atoms in total. The monoisotopic (exact) mass is 288 g/mol. The summed E-state index contributed by atoms with van der Waals surface area (Å²) in [5.74, 6) is 0.683. The fraction of sp³-hybridized carbons (Fsp3) is 0.833. The van der Waals surface area contributed by atoms with Gasteiger partial charge in [-0.15, -0.1) is 0 Å². The number of nitrogens with zero attached hydrogens (tertiary/aromatic N) is 1. The predicted octanol–water partition coefficient (Wildman–Crippen LogP) is 0.625. The van der Waals surface area contributed by atoms with Crippen LogP contribution in [0.5, 0.6) is 0 Å². The van der Waals surface area contributed by atoms with Crippen molar-refractivity contribution in [3.8, 4) is 0 Å². The molecule has 2 saturated heterocycles. The van der Waals surface area contributed by atoms with Crippen LogP contribution in [-0.2, 0) is 9.53 Å². The lowest BCUT2D eigenvalue weighted by Gasteiger charge is -2.33. The predicted molar refractivity (Wildman–Crippen MR) is 72.4 cm³/mol. The van der Waals surface area contributed by atoms with E-state index >= 15 is 0 Å². The quantitative estimate of drug-likeness (QED) is 0.796. The average Bonchev–Trinajstić information content (AvgIpc) is 2.46. The van der Waals surface area contributed by atoms with Crippen molar-refractivity contribution in [1.82, 2.24) is 10.2 Å². The molecule has 0 spiro atoms. The molecule has 19 heavy (non-hydrogen) atoms. The molecule has 0 bridgehead atoms. The van der Waals surface area contributed by atoms with Crippen LogP contribution in [0, 0.1) is 5.92 Å². The molecule has 2 rings (SSSR count). The second kappa shape index (κ2) is 7.00. The summed E-state index contributed by atoms with van der Waals surface area (Å²) in [7, 11) is 0. The van der Waals surface area contributed by atoms with Crippen molar-refractivity contribution in [2.75, 3.05) is 37.8 Å². The maximum Gasteiger partial charge on any atom is 0.327 e. The second-order valence-corrected chi connectivity index (χ2v) is 6.04. The van der Waals surface area contributed by atoms with Gasteiger partial charge in [0.2, 0.25) is 0 Å². The highest BCUT2D eigenvalue weighted by Gasteiger charge is 2.32. The molecule has 2 heterocycles. The fourth-order valence-corrected chi connectivity index (χ4v) is 3.39. The molecule has 2 aliphatic rings. The van der Waals surface area contributed by atoms with E-state index in [9.17, 15) is 9.59 Å². The van der Waals surface area contributed by atoms with E-state index < -0.39 is 12.0 Å². The van der Waals surface area contributed by atoms with Crippen molar-refractivity contribution in [2.45, 2.75) is 18.9 Å². The molecule has 2 atom stereocenters. The largest absolute Gasteiger partial charge is 0.480 e. The van der Waals surface area contributed by atoms with Crippen molar-refractivity contribution in [3.63, 3.8) is 0 Å². The molecule has 0 aromatic rings. The Morgan fingerprint density at radius 1 is 1.47 bits per heavy atom. The van der Waals surface area contributed by atoms with Crippen molar-refractivity contribution in [2.24, 2.45) is 5.92 Å². The van der Waals surface area contributed by atoms with Gasteiger partial charge in [0, 0.05) is 31.2 Å². The van der Waals surface area contributed by atoms with E-state index in [2.05, 4.69) is 5.32 Å². The molecule has 2 aliphatic heterocycles. The van der Waals surface area contributed by atoms with Crippen LogP contribution in [-0.4, -0.2) is 65.9 Å². The van der Waals surface area contributed by atoms with Crippen LogP contribution >= 0.6 is 11.8 Å². The van der Waals surface area contributed by atoms with Gasteiger partial charge in [0.05, 0.1) is 6.61 Å². The first-order valence-electron chi connectivity index (χ1n) is 6.61. The highest BCUT2D eigenvalue weighted by molar-refractivity contribution is 7.99. The third kappa shape index (κ3) is 4.01. The summed E-state index contributed by atoms with van der Waals surface area (Å²) in [6, 6.07) is -0.973. The van der Waals surface area contributed by atoms with E-state index in [1.54, 1.807) is 11.8 Å². The van der Waals surface area contributed by atoms with E-state index in [0.717, 1.165) is 25.2 Å². The molecule has 2 N–H and O–H groups in total. The summed E-state index contributed by atoms with van der Waals surface area (Å²) in [6.45, 7) is 2.54. The number of carbonyl (C=O) groups is 2. The van der Waals surface area contributed by atoms with Gasteiger partial charge in [-0.1, -0.05) is 0 Å². The molecule has 0 radical (unpaired) electrons. The fourth-order valence-electron chi connectivity index (χ4n) is 2.35. The van der Waals surface area contributed by atoms with Gasteiger partial charge in [0.25, 0.3) is 0 Å². The van der Waals surface area contributed by atoms with Gasteiger partial charge in [-0.2, -0.15) is 11.8 Å². The van der Waals surface area contributed by atoms with E-state index in [4.69, 9.17) is 9.84 Å². The molecule has 0 saturated carbocycles. The van der Waals surface area contributed by atoms with Gasteiger partial charge in [0.1, 0.15) is 6.04 Å². The lowest BCUT2D eigenvalue weighted by Crippen LogP contribution is -2.54. The molecule has 2 fully saturated rings. The number of hydrogen-bond donors (Lipinski definition) is 2. The molecule has 7 heteroatoms. The normalized spacial score (nSPS) is 27.9. The van der Waals surface area contributed by atoms with Crippen molar-refractivity contribution >= 4 is 23.8 Å². The SMILES string of the molecule is O=C(O)C1CSCCN1C(=O)NCC1CCCOC1. The summed E-state index contributed by atoms with van der Waals surface area (Å²) in [5.41, 5.74) is 0. The van der Waals surface area contributed by atoms with Gasteiger partial charge < -0.3 is 20.1 Å². The number of carbonyl (C=O) groups excluding carboxylic acids is 1. The minimum absolute atomic E-state index is 0.265. The first kappa shape index (κ1) is 14.5. The first-order chi connectivity index (χ1) is 9.18. The molecule has 0 aromatic carbocycles. The number of aliphatic carboxylic acids is 1. The molecule has 108 valence electrons. The average molecular weight is 288 g/mol. The van der Waals surface area contributed by atoms with Crippen LogP contribution in [0.25, 0.3) is 0 Å². The Hall–Kier alpha value is -0.950. The number of nitrogens with one attached hydrogen (secondary N) is 1. The Bertz CT molecular complexity index is 334. The number of thioether (sulfide) groups is 1. The molecule has 0 aromatic heterocycles. The highest BCUT2D eigenvalue weighted by atomic mass is 32.2. The van der Waals surface area contributed by atoms with E-state index in [-0.39, 0.29) is 6.03 Å². The molecular formula is C12H20N2O4S. The first-order valence-corrected chi connectivity index (χ1v) is 7.76. The van der Waals surface area contributed by atoms with E-state index in [0.29, 0.717) is 31.4 Å². The van der Waals surface area contributed by atoms with Gasteiger partial charge in [-0.25, -0.2) is 9.59 Å². The zero-order valence-corrected chi connectivity index (χ0v) is 11.7. The zero-order chi connectivity index (χ0) is 13.7. The molecule has 0 aliphatic carbocycles. The number of carboxylic acid groups (broad SMARTS) is 1. The number of rotatable bonds is 3. The van der Waals surface area contributed by atoms with Gasteiger partial charge >= 0.3 is 12.0 Å². The van der Waals surface area contributed by atoms with E-state index in [1.807, 2.05) is 0 Å². The Kier molecular flexibility index (Phi) is 5.33. The van der Waals surface area contributed by atoms with Crippen LogP contribution in [0.3, 0.4) is 0 Å². The van der Waals surface area contributed by atoms with Crippen LogP contribution in [0.4, 0.5) is 4.79 Å². The zero-order valence-electron chi connectivity index (χ0n) is 10.8.